The molecule has 0 spiro atoms. The molecule has 98 valence electrons. The van der Waals surface area contributed by atoms with Crippen molar-refractivity contribution in [1.82, 2.24) is 10.6 Å². The quantitative estimate of drug-likeness (QED) is 0.870. The molecule has 1 fully saturated rings. The lowest BCUT2D eigenvalue weighted by molar-refractivity contribution is 0.250. The number of rotatable bonds is 4. The van der Waals surface area contributed by atoms with Crippen molar-refractivity contribution >= 4 is 23.3 Å². The van der Waals surface area contributed by atoms with Crippen LogP contribution in [-0.2, 0) is 0 Å². The fourth-order valence-corrected chi connectivity index (χ4v) is 2.21. The lowest BCUT2D eigenvalue weighted by atomic mass is 10.2. The summed E-state index contributed by atoms with van der Waals surface area (Å²) in [7, 11) is 3.43. The predicted molar refractivity (Wildman–Crippen MR) is 71.6 cm³/mol. The highest BCUT2D eigenvalue weighted by Gasteiger charge is 2.31. The van der Waals surface area contributed by atoms with E-state index < -0.39 is 0 Å². The number of hydrogen-bond acceptors (Lipinski definition) is 3. The van der Waals surface area contributed by atoms with Gasteiger partial charge in [-0.15, -0.1) is 0 Å². The van der Waals surface area contributed by atoms with Gasteiger partial charge in [0, 0.05) is 18.1 Å². The average molecular weight is 270 g/mol. The maximum Gasteiger partial charge on any atom is 0.322 e. The summed E-state index contributed by atoms with van der Waals surface area (Å²) in [5.74, 6) is 0.639. The lowest BCUT2D eigenvalue weighted by Gasteiger charge is -2.18. The van der Waals surface area contributed by atoms with Gasteiger partial charge in [0.15, 0.2) is 0 Å². The van der Waals surface area contributed by atoms with Crippen molar-refractivity contribution < 1.29 is 9.53 Å². The predicted octanol–water partition coefficient (Wildman–Crippen LogP) is 1.47. The number of benzene rings is 1. The van der Waals surface area contributed by atoms with E-state index in [0.717, 1.165) is 6.54 Å². The fourth-order valence-electron chi connectivity index (χ4n) is 2.05. The Morgan fingerprint density at radius 1 is 1.61 bits per heavy atom. The molecule has 0 bridgehead atoms. The van der Waals surface area contributed by atoms with Crippen LogP contribution in [0.1, 0.15) is 0 Å². The summed E-state index contributed by atoms with van der Waals surface area (Å²) in [5, 5.41) is 6.52. The van der Waals surface area contributed by atoms with E-state index in [1.807, 2.05) is 7.05 Å². The molecule has 2 N–H and O–H groups in total. The Balaban J connectivity index is 2.26. The van der Waals surface area contributed by atoms with E-state index in [9.17, 15) is 4.79 Å². The molecule has 1 atom stereocenters. The van der Waals surface area contributed by atoms with Crippen LogP contribution in [0.3, 0.4) is 0 Å². The smallest absolute Gasteiger partial charge is 0.322 e. The van der Waals surface area contributed by atoms with Gasteiger partial charge in [-0.2, -0.15) is 0 Å². The van der Waals surface area contributed by atoms with Gasteiger partial charge in [0.05, 0.1) is 18.8 Å². The first kappa shape index (κ1) is 13.0. The normalized spacial score (nSPS) is 18.9. The molecule has 0 saturated carbocycles. The molecular weight excluding hydrogens is 254 g/mol. The van der Waals surface area contributed by atoms with E-state index in [4.69, 9.17) is 16.3 Å². The van der Waals surface area contributed by atoms with E-state index >= 15 is 0 Å². The first-order valence-electron chi connectivity index (χ1n) is 5.72. The third-order valence-corrected chi connectivity index (χ3v) is 3.09. The van der Waals surface area contributed by atoms with Crippen LogP contribution in [0.25, 0.3) is 0 Å². The highest BCUT2D eigenvalue weighted by atomic mass is 35.5. The van der Waals surface area contributed by atoms with E-state index in [-0.39, 0.29) is 12.1 Å². The van der Waals surface area contributed by atoms with Crippen LogP contribution in [0.2, 0.25) is 5.02 Å². The van der Waals surface area contributed by atoms with Gasteiger partial charge >= 0.3 is 6.03 Å². The standard InChI is InChI=1S/C12H16ClN3O2/c1-14-6-9-7-16(12(17)15-9)10-5-8(13)3-4-11(10)18-2/h3-5,9,14H,6-7H2,1-2H3,(H,15,17). The van der Waals surface area contributed by atoms with Gasteiger partial charge in [-0.1, -0.05) is 11.6 Å². The van der Waals surface area contributed by atoms with Gasteiger partial charge in [0.1, 0.15) is 5.75 Å². The molecule has 1 unspecified atom stereocenters. The third-order valence-electron chi connectivity index (χ3n) is 2.86. The Labute approximate surface area is 111 Å². The van der Waals surface area contributed by atoms with Gasteiger partial charge in [0.2, 0.25) is 0 Å². The molecule has 0 aliphatic carbocycles. The summed E-state index contributed by atoms with van der Waals surface area (Å²) in [6, 6.07) is 5.20. The van der Waals surface area contributed by atoms with E-state index in [0.29, 0.717) is 23.0 Å². The van der Waals surface area contributed by atoms with Gasteiger partial charge in [0.25, 0.3) is 0 Å². The first-order valence-corrected chi connectivity index (χ1v) is 6.09. The van der Waals surface area contributed by atoms with Crippen molar-refractivity contribution in [3.05, 3.63) is 23.2 Å². The molecule has 1 aromatic carbocycles. The number of amides is 2. The molecule has 0 radical (unpaired) electrons. The van der Waals surface area contributed by atoms with Crippen molar-refractivity contribution in [2.45, 2.75) is 6.04 Å². The minimum absolute atomic E-state index is 0.0891. The minimum atomic E-state index is -0.129. The van der Waals surface area contributed by atoms with Gasteiger partial charge < -0.3 is 15.4 Å². The van der Waals surface area contributed by atoms with Crippen LogP contribution in [0.15, 0.2) is 18.2 Å². The molecule has 0 aromatic heterocycles. The number of anilines is 1. The molecule has 6 heteroatoms. The molecule has 1 aliphatic heterocycles. The van der Waals surface area contributed by atoms with Crippen LogP contribution in [0.4, 0.5) is 10.5 Å². The Kier molecular flexibility index (Phi) is 3.93. The zero-order valence-corrected chi connectivity index (χ0v) is 11.1. The molecule has 2 rings (SSSR count). The van der Waals surface area contributed by atoms with Crippen molar-refractivity contribution in [2.75, 3.05) is 32.1 Å². The maximum atomic E-state index is 11.9. The second kappa shape index (κ2) is 5.46. The van der Waals surface area contributed by atoms with Crippen LogP contribution in [0, 0.1) is 0 Å². The highest BCUT2D eigenvalue weighted by molar-refractivity contribution is 6.31. The highest BCUT2D eigenvalue weighted by Crippen LogP contribution is 2.32. The lowest BCUT2D eigenvalue weighted by Crippen LogP contribution is -2.35. The van der Waals surface area contributed by atoms with E-state index in [1.165, 1.54) is 0 Å². The Morgan fingerprint density at radius 3 is 3.06 bits per heavy atom. The average Bonchev–Trinajstić information content (AvgIpc) is 2.70. The van der Waals surface area contributed by atoms with Crippen molar-refractivity contribution in [2.24, 2.45) is 0 Å². The number of hydrogen-bond donors (Lipinski definition) is 2. The number of urea groups is 1. The number of halogens is 1. The molecule has 1 saturated heterocycles. The van der Waals surface area contributed by atoms with Crippen LogP contribution in [-0.4, -0.2) is 39.3 Å². The zero-order chi connectivity index (χ0) is 13.1. The van der Waals surface area contributed by atoms with Crippen molar-refractivity contribution in [3.8, 4) is 5.75 Å². The number of carbonyl (C=O) groups is 1. The molecule has 2 amide bonds. The number of methoxy groups -OCH3 is 1. The fraction of sp³-hybridized carbons (Fsp3) is 0.417. The topological polar surface area (TPSA) is 53.6 Å². The number of nitrogens with zero attached hydrogens (tertiary/aromatic N) is 1. The van der Waals surface area contributed by atoms with Gasteiger partial charge in [-0.25, -0.2) is 4.79 Å². The second-order valence-corrected chi connectivity index (χ2v) is 4.57. The Hall–Kier alpha value is -1.46. The molecular formula is C12H16ClN3O2. The maximum absolute atomic E-state index is 11.9. The third kappa shape index (κ3) is 2.52. The Bertz CT molecular complexity index is 453. The molecule has 1 aromatic rings. The largest absolute Gasteiger partial charge is 0.495 e. The van der Waals surface area contributed by atoms with E-state index in [2.05, 4.69) is 10.6 Å². The minimum Gasteiger partial charge on any atom is -0.495 e. The second-order valence-electron chi connectivity index (χ2n) is 4.13. The van der Waals surface area contributed by atoms with Gasteiger partial charge in [-0.05, 0) is 25.2 Å². The summed E-state index contributed by atoms with van der Waals surface area (Å²) >= 11 is 5.97. The summed E-state index contributed by atoms with van der Waals surface area (Å²) in [6.07, 6.45) is 0. The SMILES string of the molecule is CNCC1CN(c2cc(Cl)ccc2OC)C(=O)N1. The summed E-state index contributed by atoms with van der Waals surface area (Å²) < 4.78 is 5.26. The van der Waals surface area contributed by atoms with Crippen molar-refractivity contribution in [1.29, 1.82) is 0 Å². The number of ether oxygens (including phenoxy) is 1. The van der Waals surface area contributed by atoms with Gasteiger partial charge in [-0.3, -0.25) is 4.90 Å². The monoisotopic (exact) mass is 269 g/mol. The molecule has 1 heterocycles. The number of likely N-dealkylation sites (N-methyl/N-ethyl adjacent to an activating group) is 1. The molecule has 1 aliphatic rings. The van der Waals surface area contributed by atoms with E-state index in [1.54, 1.807) is 30.2 Å². The Morgan fingerprint density at radius 2 is 2.39 bits per heavy atom. The van der Waals surface area contributed by atoms with Crippen LogP contribution >= 0.6 is 11.6 Å². The summed E-state index contributed by atoms with van der Waals surface area (Å²) in [4.78, 5) is 13.6. The first-order chi connectivity index (χ1) is 8.65. The molecule has 5 nitrogen and oxygen atoms in total. The summed E-state index contributed by atoms with van der Waals surface area (Å²) in [6.45, 7) is 1.32. The van der Waals surface area contributed by atoms with Crippen LogP contribution in [0.5, 0.6) is 5.75 Å². The summed E-state index contributed by atoms with van der Waals surface area (Å²) in [5.41, 5.74) is 0.695. The number of nitrogens with one attached hydrogen (secondary N) is 2. The van der Waals surface area contributed by atoms with Crippen LogP contribution < -0.4 is 20.3 Å². The zero-order valence-electron chi connectivity index (χ0n) is 10.4. The molecule has 18 heavy (non-hydrogen) atoms. The van der Waals surface area contributed by atoms with Crippen molar-refractivity contribution in [3.63, 3.8) is 0 Å². The number of carbonyl (C=O) groups excluding carboxylic acids is 1.